The third-order valence-electron chi connectivity index (χ3n) is 2.83. The van der Waals surface area contributed by atoms with E-state index in [9.17, 15) is 9.50 Å². The monoisotopic (exact) mass is 277 g/mol. The maximum Gasteiger partial charge on any atom is 0.201 e. The molecule has 1 aromatic carbocycles. The Bertz CT molecular complexity index is 680. The van der Waals surface area contributed by atoms with Crippen molar-refractivity contribution in [3.8, 4) is 0 Å². The van der Waals surface area contributed by atoms with Gasteiger partial charge < -0.3 is 15.4 Å². The number of halogens is 1. The highest BCUT2D eigenvalue weighted by Crippen LogP contribution is 2.18. The minimum Gasteiger partial charge on any atom is -0.387 e. The number of rotatable bonds is 4. The van der Waals surface area contributed by atoms with Crippen molar-refractivity contribution in [1.82, 2.24) is 9.97 Å². The predicted molar refractivity (Wildman–Crippen MR) is 73.8 cm³/mol. The Balaban J connectivity index is 1.71. The highest BCUT2D eigenvalue weighted by atomic mass is 32.1. The Morgan fingerprint density at radius 1 is 1.42 bits per heavy atom. The van der Waals surface area contributed by atoms with Crippen molar-refractivity contribution in [2.24, 2.45) is 0 Å². The standard InChI is InChI=1S/C13H12FN3OS/c14-9-1-2-10-11(5-9)17-13(16-10)15-6-12(18)8-3-4-19-7-8/h1-5,7,12,18H,6H2,(H2,15,16,17). The number of nitrogens with zero attached hydrogens (tertiary/aromatic N) is 1. The highest BCUT2D eigenvalue weighted by Gasteiger charge is 2.09. The Kier molecular flexibility index (Phi) is 3.18. The van der Waals surface area contributed by atoms with Gasteiger partial charge in [0.2, 0.25) is 5.95 Å². The summed E-state index contributed by atoms with van der Waals surface area (Å²) >= 11 is 1.54. The summed E-state index contributed by atoms with van der Waals surface area (Å²) < 4.78 is 13.0. The van der Waals surface area contributed by atoms with Crippen LogP contribution in [0.5, 0.6) is 0 Å². The Labute approximate surface area is 112 Å². The van der Waals surface area contributed by atoms with Crippen LogP contribution in [-0.2, 0) is 0 Å². The van der Waals surface area contributed by atoms with Gasteiger partial charge in [-0.1, -0.05) is 0 Å². The first-order valence-corrected chi connectivity index (χ1v) is 6.76. The normalized spacial score (nSPS) is 12.7. The van der Waals surface area contributed by atoms with Crippen LogP contribution in [-0.4, -0.2) is 21.6 Å². The number of anilines is 1. The van der Waals surface area contributed by atoms with Crippen molar-refractivity contribution in [3.63, 3.8) is 0 Å². The molecule has 6 heteroatoms. The molecule has 3 N–H and O–H groups in total. The summed E-state index contributed by atoms with van der Waals surface area (Å²) in [5.41, 5.74) is 2.20. The molecule has 1 unspecified atom stereocenters. The molecule has 0 amide bonds. The van der Waals surface area contributed by atoms with Gasteiger partial charge in [-0.05, 0) is 40.6 Å². The molecular weight excluding hydrogens is 265 g/mol. The molecule has 3 rings (SSSR count). The average Bonchev–Trinajstić information content (AvgIpc) is 3.04. The number of thiophene rings is 1. The van der Waals surface area contributed by atoms with Crippen LogP contribution in [0.25, 0.3) is 11.0 Å². The lowest BCUT2D eigenvalue weighted by molar-refractivity contribution is 0.192. The second-order valence-electron chi connectivity index (χ2n) is 4.20. The van der Waals surface area contributed by atoms with Gasteiger partial charge in [0.1, 0.15) is 5.82 Å². The average molecular weight is 277 g/mol. The zero-order valence-corrected chi connectivity index (χ0v) is 10.7. The predicted octanol–water partition coefficient (Wildman–Crippen LogP) is 2.91. The number of nitrogens with one attached hydrogen (secondary N) is 2. The first-order chi connectivity index (χ1) is 9.22. The van der Waals surface area contributed by atoms with Crippen LogP contribution < -0.4 is 5.32 Å². The summed E-state index contributed by atoms with van der Waals surface area (Å²) in [4.78, 5) is 7.23. The maximum atomic E-state index is 13.0. The number of hydrogen-bond donors (Lipinski definition) is 3. The molecular formula is C13H12FN3OS. The van der Waals surface area contributed by atoms with E-state index in [2.05, 4.69) is 15.3 Å². The highest BCUT2D eigenvalue weighted by molar-refractivity contribution is 7.07. The summed E-state index contributed by atoms with van der Waals surface area (Å²) in [7, 11) is 0. The van der Waals surface area contributed by atoms with Gasteiger partial charge in [0.15, 0.2) is 0 Å². The fourth-order valence-corrected chi connectivity index (χ4v) is 2.55. The van der Waals surface area contributed by atoms with Gasteiger partial charge in [-0.15, -0.1) is 0 Å². The molecule has 0 saturated heterocycles. The van der Waals surface area contributed by atoms with Crippen LogP contribution in [0.1, 0.15) is 11.7 Å². The van der Waals surface area contributed by atoms with Crippen LogP contribution in [0.2, 0.25) is 0 Å². The van der Waals surface area contributed by atoms with Gasteiger partial charge in [-0.2, -0.15) is 11.3 Å². The third-order valence-corrected chi connectivity index (χ3v) is 3.54. The Morgan fingerprint density at radius 3 is 3.11 bits per heavy atom. The summed E-state index contributed by atoms with van der Waals surface area (Å²) in [6.07, 6.45) is -0.587. The van der Waals surface area contributed by atoms with Crippen molar-refractivity contribution >= 4 is 28.3 Å². The summed E-state index contributed by atoms with van der Waals surface area (Å²) in [5.74, 6) is 0.218. The number of aromatic amines is 1. The minimum atomic E-state index is -0.587. The van der Waals surface area contributed by atoms with Gasteiger partial charge in [0, 0.05) is 6.54 Å². The van der Waals surface area contributed by atoms with E-state index in [1.807, 2.05) is 16.8 Å². The quantitative estimate of drug-likeness (QED) is 0.687. The second-order valence-corrected chi connectivity index (χ2v) is 4.98. The van der Waals surface area contributed by atoms with Gasteiger partial charge in [-0.3, -0.25) is 0 Å². The van der Waals surface area contributed by atoms with Crippen molar-refractivity contribution in [3.05, 3.63) is 46.4 Å². The molecule has 0 aliphatic heterocycles. The van der Waals surface area contributed by atoms with E-state index in [-0.39, 0.29) is 5.82 Å². The van der Waals surface area contributed by atoms with Crippen molar-refractivity contribution in [2.75, 3.05) is 11.9 Å². The molecule has 0 aliphatic rings. The third kappa shape index (κ3) is 2.59. The van der Waals surface area contributed by atoms with Crippen molar-refractivity contribution in [1.29, 1.82) is 0 Å². The zero-order chi connectivity index (χ0) is 13.2. The number of aliphatic hydroxyl groups excluding tert-OH is 1. The second kappa shape index (κ2) is 4.99. The molecule has 1 atom stereocenters. The van der Waals surface area contributed by atoms with Gasteiger partial charge in [0.05, 0.1) is 17.1 Å². The number of hydrogen-bond acceptors (Lipinski definition) is 4. The van der Waals surface area contributed by atoms with Crippen molar-refractivity contribution < 1.29 is 9.50 Å². The number of aliphatic hydroxyl groups is 1. The van der Waals surface area contributed by atoms with E-state index in [0.717, 1.165) is 5.56 Å². The van der Waals surface area contributed by atoms with E-state index in [1.54, 1.807) is 17.4 Å². The molecule has 0 spiro atoms. The largest absolute Gasteiger partial charge is 0.387 e. The minimum absolute atomic E-state index is 0.305. The topological polar surface area (TPSA) is 60.9 Å². The Morgan fingerprint density at radius 2 is 2.32 bits per heavy atom. The smallest absolute Gasteiger partial charge is 0.201 e. The molecule has 2 heterocycles. The SMILES string of the molecule is OC(CNc1nc2ccc(F)cc2[nH]1)c1ccsc1. The first-order valence-electron chi connectivity index (χ1n) is 5.81. The molecule has 98 valence electrons. The molecule has 3 aromatic rings. The maximum absolute atomic E-state index is 13.0. The fraction of sp³-hybridized carbons (Fsp3) is 0.154. The molecule has 0 bridgehead atoms. The summed E-state index contributed by atoms with van der Waals surface area (Å²) in [6.45, 7) is 0.346. The van der Waals surface area contributed by atoms with Crippen LogP contribution in [0, 0.1) is 5.82 Å². The molecule has 0 radical (unpaired) electrons. The number of fused-ring (bicyclic) bond motifs is 1. The first kappa shape index (κ1) is 12.1. The van der Waals surface area contributed by atoms with Crippen LogP contribution in [0.15, 0.2) is 35.0 Å². The molecule has 2 aromatic heterocycles. The molecule has 0 aliphatic carbocycles. The lowest BCUT2D eigenvalue weighted by atomic mass is 10.2. The fourth-order valence-electron chi connectivity index (χ4n) is 1.84. The van der Waals surface area contributed by atoms with Crippen LogP contribution >= 0.6 is 11.3 Å². The molecule has 4 nitrogen and oxygen atoms in total. The van der Waals surface area contributed by atoms with Crippen molar-refractivity contribution in [2.45, 2.75) is 6.10 Å². The van der Waals surface area contributed by atoms with Gasteiger partial charge in [-0.25, -0.2) is 9.37 Å². The molecule has 0 saturated carbocycles. The van der Waals surface area contributed by atoms with E-state index in [4.69, 9.17) is 0 Å². The number of aromatic nitrogens is 2. The lowest BCUT2D eigenvalue weighted by Crippen LogP contribution is -2.12. The van der Waals surface area contributed by atoms with E-state index < -0.39 is 6.10 Å². The van der Waals surface area contributed by atoms with E-state index in [1.165, 1.54) is 12.1 Å². The molecule has 0 fully saturated rings. The van der Waals surface area contributed by atoms with Crippen LogP contribution in [0.4, 0.5) is 10.3 Å². The van der Waals surface area contributed by atoms with Gasteiger partial charge in [0.25, 0.3) is 0 Å². The Hall–Kier alpha value is -1.92. The molecule has 19 heavy (non-hydrogen) atoms. The number of imidazole rings is 1. The summed E-state index contributed by atoms with van der Waals surface area (Å²) in [6, 6.07) is 6.25. The number of benzene rings is 1. The van der Waals surface area contributed by atoms with E-state index in [0.29, 0.717) is 23.5 Å². The number of H-pyrrole nitrogens is 1. The zero-order valence-electron chi connectivity index (χ0n) is 9.93. The van der Waals surface area contributed by atoms with Gasteiger partial charge >= 0.3 is 0 Å². The summed E-state index contributed by atoms with van der Waals surface area (Å²) in [5, 5.41) is 16.8. The van der Waals surface area contributed by atoms with Crippen LogP contribution in [0.3, 0.4) is 0 Å². The van der Waals surface area contributed by atoms with E-state index >= 15 is 0 Å². The lowest BCUT2D eigenvalue weighted by Gasteiger charge is -2.09.